The largest absolute Gasteiger partial charge is 0.309 e. The van der Waals surface area contributed by atoms with Crippen LogP contribution in [0.4, 0.5) is 0 Å². The van der Waals surface area contributed by atoms with Gasteiger partial charge in [0.1, 0.15) is 0 Å². The lowest BCUT2D eigenvalue weighted by molar-refractivity contribution is 1.18. The maximum Gasteiger partial charge on any atom is 0.0541 e. The van der Waals surface area contributed by atoms with Crippen molar-refractivity contribution in [3.8, 4) is 33.6 Å². The van der Waals surface area contributed by atoms with Crippen molar-refractivity contribution >= 4 is 75.1 Å². The standard InChI is InChI=1S/C48H30N2S/c1-2-12-34(13-3-1)49-43-19-9-5-15-36(43)40-28-31(23-26-45(40)49)32-24-27-46-41(29-32)37-16-6-10-20-44(37)50(46)42-18-8-4-14-35(42)33-22-25-39-38-17-7-11-21-47(38)51-48(39)30-33/h1-30H. The summed E-state index contributed by atoms with van der Waals surface area (Å²) in [5.74, 6) is 0. The van der Waals surface area contributed by atoms with Crippen LogP contribution < -0.4 is 0 Å². The molecule has 8 aromatic carbocycles. The first-order chi connectivity index (χ1) is 25.3. The van der Waals surface area contributed by atoms with Gasteiger partial charge in [-0.3, -0.25) is 0 Å². The summed E-state index contributed by atoms with van der Waals surface area (Å²) in [5.41, 5.74) is 12.1. The highest BCUT2D eigenvalue weighted by atomic mass is 32.1. The van der Waals surface area contributed by atoms with Crippen molar-refractivity contribution in [2.45, 2.75) is 0 Å². The number of fused-ring (bicyclic) bond motifs is 9. The fourth-order valence-electron chi connectivity index (χ4n) is 8.23. The van der Waals surface area contributed by atoms with Crippen molar-refractivity contribution in [2.24, 2.45) is 0 Å². The van der Waals surface area contributed by atoms with Crippen molar-refractivity contribution in [1.82, 2.24) is 9.13 Å². The van der Waals surface area contributed by atoms with Gasteiger partial charge in [0.25, 0.3) is 0 Å². The van der Waals surface area contributed by atoms with Gasteiger partial charge in [0.15, 0.2) is 0 Å². The van der Waals surface area contributed by atoms with E-state index in [4.69, 9.17) is 0 Å². The van der Waals surface area contributed by atoms with Gasteiger partial charge in [-0.1, -0.05) is 115 Å². The quantitative estimate of drug-likeness (QED) is 0.177. The number of para-hydroxylation sites is 4. The van der Waals surface area contributed by atoms with Crippen LogP contribution in [0.3, 0.4) is 0 Å². The minimum atomic E-state index is 1.18. The van der Waals surface area contributed by atoms with E-state index in [1.807, 2.05) is 11.3 Å². The van der Waals surface area contributed by atoms with Gasteiger partial charge in [-0.05, 0) is 83.4 Å². The molecule has 0 spiro atoms. The molecular formula is C48H30N2S. The minimum absolute atomic E-state index is 1.18. The van der Waals surface area contributed by atoms with Crippen LogP contribution >= 0.6 is 11.3 Å². The molecule has 3 heterocycles. The minimum Gasteiger partial charge on any atom is -0.309 e. The Kier molecular flexibility index (Phi) is 6.16. The first-order valence-electron chi connectivity index (χ1n) is 17.4. The molecule has 0 fully saturated rings. The molecule has 0 aliphatic rings. The highest BCUT2D eigenvalue weighted by Gasteiger charge is 2.18. The van der Waals surface area contributed by atoms with Gasteiger partial charge < -0.3 is 9.13 Å². The Balaban J connectivity index is 1.09. The average Bonchev–Trinajstić information content (AvgIpc) is 3.85. The maximum absolute atomic E-state index is 2.45. The Morgan fingerprint density at radius 1 is 0.314 bits per heavy atom. The molecule has 0 bridgehead atoms. The third kappa shape index (κ3) is 4.29. The lowest BCUT2D eigenvalue weighted by Crippen LogP contribution is -1.97. The van der Waals surface area contributed by atoms with Gasteiger partial charge in [0, 0.05) is 53.0 Å². The molecule has 238 valence electrons. The number of hydrogen-bond donors (Lipinski definition) is 0. The molecule has 3 heteroatoms. The smallest absolute Gasteiger partial charge is 0.0541 e. The van der Waals surface area contributed by atoms with Gasteiger partial charge in [-0.15, -0.1) is 11.3 Å². The molecule has 0 saturated carbocycles. The van der Waals surface area contributed by atoms with Crippen molar-refractivity contribution in [3.05, 3.63) is 182 Å². The summed E-state index contributed by atoms with van der Waals surface area (Å²) in [4.78, 5) is 0. The van der Waals surface area contributed by atoms with Crippen LogP contribution in [0.25, 0.3) is 97.4 Å². The first kappa shape index (κ1) is 28.4. The molecular weight excluding hydrogens is 637 g/mol. The van der Waals surface area contributed by atoms with E-state index in [1.54, 1.807) is 0 Å². The summed E-state index contributed by atoms with van der Waals surface area (Å²) in [6.07, 6.45) is 0. The molecule has 0 atom stereocenters. The normalized spacial score (nSPS) is 11.9. The van der Waals surface area contributed by atoms with Gasteiger partial charge in [-0.2, -0.15) is 0 Å². The summed E-state index contributed by atoms with van der Waals surface area (Å²) in [6, 6.07) is 66.7. The van der Waals surface area contributed by atoms with Crippen LogP contribution in [-0.2, 0) is 0 Å². The van der Waals surface area contributed by atoms with Gasteiger partial charge in [0.2, 0.25) is 0 Å². The number of aromatic nitrogens is 2. The van der Waals surface area contributed by atoms with Crippen molar-refractivity contribution in [3.63, 3.8) is 0 Å². The third-order valence-corrected chi connectivity index (χ3v) is 11.7. The molecule has 0 radical (unpaired) electrons. The predicted molar refractivity (Wildman–Crippen MR) is 219 cm³/mol. The fourth-order valence-corrected chi connectivity index (χ4v) is 9.37. The molecule has 51 heavy (non-hydrogen) atoms. The number of nitrogens with zero attached hydrogens (tertiary/aromatic N) is 2. The number of benzene rings is 8. The Labute approximate surface area is 298 Å². The van der Waals surface area contributed by atoms with Crippen molar-refractivity contribution in [2.75, 3.05) is 0 Å². The van der Waals surface area contributed by atoms with Gasteiger partial charge in [0.05, 0.1) is 27.8 Å². The molecule has 0 aliphatic heterocycles. The van der Waals surface area contributed by atoms with Crippen LogP contribution in [0.5, 0.6) is 0 Å². The Morgan fingerprint density at radius 3 is 1.59 bits per heavy atom. The summed E-state index contributed by atoms with van der Waals surface area (Å²) in [7, 11) is 0. The number of rotatable bonds is 4. The van der Waals surface area contributed by atoms with E-state index in [0.717, 1.165) is 0 Å². The highest BCUT2D eigenvalue weighted by molar-refractivity contribution is 7.25. The molecule has 0 N–H and O–H groups in total. The summed E-state index contributed by atoms with van der Waals surface area (Å²) >= 11 is 1.87. The molecule has 2 nitrogen and oxygen atoms in total. The molecule has 0 aliphatic carbocycles. The maximum atomic E-state index is 2.45. The van der Waals surface area contributed by atoms with E-state index in [0.29, 0.717) is 0 Å². The van der Waals surface area contributed by atoms with Crippen LogP contribution in [0.2, 0.25) is 0 Å². The lowest BCUT2D eigenvalue weighted by atomic mass is 10.0. The first-order valence-corrected chi connectivity index (χ1v) is 18.3. The zero-order valence-electron chi connectivity index (χ0n) is 27.6. The Bertz CT molecular complexity index is 3140. The molecule has 3 aromatic heterocycles. The van der Waals surface area contributed by atoms with Crippen LogP contribution in [0.1, 0.15) is 0 Å². The zero-order chi connectivity index (χ0) is 33.5. The average molecular weight is 667 g/mol. The predicted octanol–water partition coefficient (Wildman–Crippen LogP) is 13.6. The zero-order valence-corrected chi connectivity index (χ0v) is 28.4. The van der Waals surface area contributed by atoms with E-state index in [1.165, 1.54) is 97.4 Å². The lowest BCUT2D eigenvalue weighted by Gasteiger charge is -2.14. The second-order valence-electron chi connectivity index (χ2n) is 13.3. The second-order valence-corrected chi connectivity index (χ2v) is 14.4. The molecule has 11 aromatic rings. The topological polar surface area (TPSA) is 9.86 Å². The van der Waals surface area contributed by atoms with Gasteiger partial charge in [-0.25, -0.2) is 0 Å². The molecule has 0 saturated heterocycles. The van der Waals surface area contributed by atoms with E-state index in [2.05, 4.69) is 191 Å². The van der Waals surface area contributed by atoms with Gasteiger partial charge >= 0.3 is 0 Å². The monoisotopic (exact) mass is 666 g/mol. The fraction of sp³-hybridized carbons (Fsp3) is 0. The van der Waals surface area contributed by atoms with Crippen LogP contribution in [0, 0.1) is 0 Å². The van der Waals surface area contributed by atoms with E-state index in [-0.39, 0.29) is 0 Å². The van der Waals surface area contributed by atoms with E-state index < -0.39 is 0 Å². The highest BCUT2D eigenvalue weighted by Crippen LogP contribution is 2.41. The summed E-state index contributed by atoms with van der Waals surface area (Å²) in [6.45, 7) is 0. The van der Waals surface area contributed by atoms with E-state index in [9.17, 15) is 0 Å². The molecule has 11 rings (SSSR count). The van der Waals surface area contributed by atoms with Crippen molar-refractivity contribution < 1.29 is 0 Å². The summed E-state index contributed by atoms with van der Waals surface area (Å²) in [5, 5.41) is 7.69. The molecule has 0 unspecified atom stereocenters. The van der Waals surface area contributed by atoms with Crippen LogP contribution in [0.15, 0.2) is 182 Å². The SMILES string of the molecule is c1ccc(-n2c3ccccc3c3cc(-c4ccc5c(c4)c4ccccc4n5-c4ccccc4-c4ccc5c(c4)sc4ccccc45)ccc32)cc1. The van der Waals surface area contributed by atoms with E-state index >= 15 is 0 Å². The number of thiophene rings is 1. The molecule has 0 amide bonds. The third-order valence-electron chi connectivity index (χ3n) is 10.5. The second kappa shape index (κ2) is 11.0. The van der Waals surface area contributed by atoms with Crippen LogP contribution in [-0.4, -0.2) is 9.13 Å². The Morgan fingerprint density at radius 2 is 0.843 bits per heavy atom. The Hall–Kier alpha value is -6.42. The number of hydrogen-bond acceptors (Lipinski definition) is 1. The van der Waals surface area contributed by atoms with Crippen molar-refractivity contribution in [1.29, 1.82) is 0 Å². The summed E-state index contributed by atoms with van der Waals surface area (Å²) < 4.78 is 7.48.